The van der Waals surface area contributed by atoms with E-state index in [1.54, 1.807) is 32.9 Å². The van der Waals surface area contributed by atoms with E-state index in [4.69, 9.17) is 53.8 Å². The van der Waals surface area contributed by atoms with Crippen molar-refractivity contribution in [1.29, 1.82) is 0 Å². The highest BCUT2D eigenvalue weighted by molar-refractivity contribution is 6.67. The second-order valence-corrected chi connectivity index (χ2v) is 15.3. The molecule has 0 radical (unpaired) electrons. The molecule has 0 aromatic heterocycles. The predicted octanol–water partition coefficient (Wildman–Crippen LogP) is 9.32. The number of nitrogens with one attached hydrogen (secondary N) is 1. The lowest BCUT2D eigenvalue weighted by atomic mass is 10.0. The van der Waals surface area contributed by atoms with E-state index in [1.807, 2.05) is 18.2 Å². The molecule has 0 aliphatic heterocycles. The molecule has 0 saturated carbocycles. The van der Waals surface area contributed by atoms with Crippen LogP contribution in [0.3, 0.4) is 0 Å². The number of esters is 3. The molecular formula is C35H54Cl3NO8. The molecule has 0 heterocycles. The Kier molecular flexibility index (Phi) is 21.8. The summed E-state index contributed by atoms with van der Waals surface area (Å²) in [6, 6.07) is 7.82. The molecule has 1 aromatic rings. The predicted molar refractivity (Wildman–Crippen MR) is 185 cm³/mol. The fraction of sp³-hybridized carbons (Fsp3) is 0.714. The minimum Gasteiger partial charge on any atom is -0.461 e. The molecule has 1 amide bonds. The molecule has 12 heteroatoms. The Bertz CT molecular complexity index is 1040. The molecule has 0 aliphatic rings. The van der Waals surface area contributed by atoms with Crippen LogP contribution in [-0.4, -0.2) is 52.1 Å². The maximum absolute atomic E-state index is 13.4. The third-order valence-electron chi connectivity index (χ3n) is 7.05. The first-order valence-electron chi connectivity index (χ1n) is 16.8. The molecule has 0 fully saturated rings. The Morgan fingerprint density at radius 3 is 1.89 bits per heavy atom. The number of unbranched alkanes of at least 4 members (excludes halogenated alkanes) is 10. The van der Waals surface area contributed by atoms with Gasteiger partial charge in [-0.15, -0.1) is 0 Å². The topological polar surface area (TPSA) is 117 Å². The monoisotopic (exact) mass is 721 g/mol. The largest absolute Gasteiger partial charge is 0.461 e. The number of amides is 1. The van der Waals surface area contributed by atoms with Gasteiger partial charge in [0.15, 0.2) is 0 Å². The van der Waals surface area contributed by atoms with Crippen LogP contribution in [0.1, 0.15) is 130 Å². The molecule has 0 unspecified atom stereocenters. The van der Waals surface area contributed by atoms with Gasteiger partial charge in [-0.25, -0.2) is 9.59 Å². The molecule has 1 N–H and O–H groups in total. The summed E-state index contributed by atoms with van der Waals surface area (Å²) in [6.07, 6.45) is 10.7. The number of benzene rings is 1. The van der Waals surface area contributed by atoms with Crippen LogP contribution < -0.4 is 5.32 Å². The molecule has 0 aliphatic carbocycles. The molecular weight excluding hydrogens is 669 g/mol. The summed E-state index contributed by atoms with van der Waals surface area (Å²) in [5.41, 5.74) is 0.0398. The van der Waals surface area contributed by atoms with Gasteiger partial charge in [-0.3, -0.25) is 9.59 Å². The van der Waals surface area contributed by atoms with Gasteiger partial charge < -0.3 is 24.3 Å². The first kappa shape index (κ1) is 42.8. The van der Waals surface area contributed by atoms with Crippen LogP contribution in [0.15, 0.2) is 30.3 Å². The summed E-state index contributed by atoms with van der Waals surface area (Å²) >= 11 is 17.2. The van der Waals surface area contributed by atoms with Crippen molar-refractivity contribution in [2.45, 2.75) is 152 Å². The quantitative estimate of drug-likeness (QED) is 0.0514. The minimum atomic E-state index is -1.78. The summed E-state index contributed by atoms with van der Waals surface area (Å²) in [6.45, 7) is 6.94. The molecule has 0 bridgehead atoms. The van der Waals surface area contributed by atoms with Gasteiger partial charge in [0.2, 0.25) is 3.79 Å². The van der Waals surface area contributed by atoms with Crippen molar-refractivity contribution in [1.82, 2.24) is 5.32 Å². The van der Waals surface area contributed by atoms with Gasteiger partial charge in [0.25, 0.3) is 0 Å². The van der Waals surface area contributed by atoms with Gasteiger partial charge in [-0.1, -0.05) is 136 Å². The van der Waals surface area contributed by atoms with E-state index in [-0.39, 0.29) is 25.9 Å². The third-order valence-corrected chi connectivity index (χ3v) is 7.38. The van der Waals surface area contributed by atoms with E-state index in [9.17, 15) is 19.2 Å². The minimum absolute atomic E-state index is 0.0168. The summed E-state index contributed by atoms with van der Waals surface area (Å²) in [7, 11) is 0. The van der Waals surface area contributed by atoms with E-state index < -0.39 is 52.1 Å². The average molecular weight is 723 g/mol. The fourth-order valence-electron chi connectivity index (χ4n) is 4.70. The van der Waals surface area contributed by atoms with Crippen molar-refractivity contribution in [2.24, 2.45) is 0 Å². The Balaban J connectivity index is 2.82. The fourth-order valence-corrected chi connectivity index (χ4v) is 4.87. The van der Waals surface area contributed by atoms with Crippen LogP contribution in [-0.2, 0) is 39.9 Å². The third kappa shape index (κ3) is 24.6. The summed E-state index contributed by atoms with van der Waals surface area (Å²) in [4.78, 5) is 51.0. The van der Waals surface area contributed by atoms with E-state index in [2.05, 4.69) is 12.2 Å². The number of alkyl halides is 3. The zero-order chi connectivity index (χ0) is 35.1. The maximum atomic E-state index is 13.4. The van der Waals surface area contributed by atoms with E-state index >= 15 is 0 Å². The Labute approximate surface area is 296 Å². The van der Waals surface area contributed by atoms with Crippen LogP contribution in [0, 0.1) is 0 Å². The number of ether oxygens (including phenoxy) is 4. The number of alkyl carbamates (subject to hydrolysis) is 1. The number of rotatable bonds is 23. The number of carbonyl (C=O) groups is 4. The average Bonchev–Trinajstić information content (AvgIpc) is 2.99. The van der Waals surface area contributed by atoms with Gasteiger partial charge >= 0.3 is 24.0 Å². The standard InChI is InChI=1S/C35H54Cl3NO8/c1-5-6-7-8-9-10-11-12-13-14-18-21-28(24-31(41)45-26-35(36,37)38)46-32(42)29(22-23-30(40)47-34(2,3)4)39-33(43)44-25-27-19-16-15-17-20-27/h15-17,19-20,28-29H,5-14,18,21-26H2,1-4H3,(H,39,43)/t28-,29+/m1/s1. The van der Waals surface area contributed by atoms with E-state index in [0.717, 1.165) is 24.8 Å². The number of carbonyl (C=O) groups excluding carboxylic acids is 4. The molecule has 47 heavy (non-hydrogen) atoms. The molecule has 0 saturated heterocycles. The van der Waals surface area contributed by atoms with Gasteiger partial charge in [0, 0.05) is 6.42 Å². The Morgan fingerprint density at radius 2 is 1.34 bits per heavy atom. The van der Waals surface area contributed by atoms with Crippen molar-refractivity contribution >= 4 is 58.8 Å². The highest BCUT2D eigenvalue weighted by Crippen LogP contribution is 2.26. The van der Waals surface area contributed by atoms with Gasteiger partial charge in [0.1, 0.15) is 31.0 Å². The second-order valence-electron chi connectivity index (χ2n) is 12.7. The number of hydrogen-bond acceptors (Lipinski definition) is 8. The molecule has 1 aromatic carbocycles. The molecule has 268 valence electrons. The smallest absolute Gasteiger partial charge is 0.408 e. The number of hydrogen-bond donors (Lipinski definition) is 1. The first-order chi connectivity index (χ1) is 22.2. The van der Waals surface area contributed by atoms with Crippen LogP contribution in [0.2, 0.25) is 0 Å². The first-order valence-corrected chi connectivity index (χ1v) is 17.9. The normalized spacial score (nSPS) is 12.9. The maximum Gasteiger partial charge on any atom is 0.408 e. The lowest BCUT2D eigenvalue weighted by molar-refractivity contribution is -0.158. The summed E-state index contributed by atoms with van der Waals surface area (Å²) in [5, 5.41) is 2.51. The van der Waals surface area contributed by atoms with Crippen LogP contribution in [0.4, 0.5) is 4.79 Å². The number of halogens is 3. The van der Waals surface area contributed by atoms with Crippen LogP contribution in [0.25, 0.3) is 0 Å². The Hall–Kier alpha value is -2.23. The van der Waals surface area contributed by atoms with Crippen LogP contribution in [0.5, 0.6) is 0 Å². The molecule has 1 rings (SSSR count). The highest BCUT2D eigenvalue weighted by Gasteiger charge is 2.30. The second kappa shape index (κ2) is 24.0. The SMILES string of the molecule is CCCCCCCCCCCCC[C@H](CC(=O)OCC(Cl)(Cl)Cl)OC(=O)[C@H](CCC(=O)OC(C)(C)C)NC(=O)OCc1ccccc1. The Morgan fingerprint density at radius 1 is 0.766 bits per heavy atom. The van der Waals surface area contributed by atoms with Gasteiger partial charge in [-0.2, -0.15) is 0 Å². The van der Waals surface area contributed by atoms with Crippen molar-refractivity contribution in [2.75, 3.05) is 6.61 Å². The lowest BCUT2D eigenvalue weighted by Crippen LogP contribution is -2.44. The van der Waals surface area contributed by atoms with Crippen molar-refractivity contribution in [3.8, 4) is 0 Å². The summed E-state index contributed by atoms with van der Waals surface area (Å²) < 4.78 is 19.7. The van der Waals surface area contributed by atoms with E-state index in [1.165, 1.54) is 44.9 Å². The molecule has 0 spiro atoms. The zero-order valence-electron chi connectivity index (χ0n) is 28.5. The van der Waals surface area contributed by atoms with Gasteiger partial charge in [-0.05, 0) is 45.6 Å². The van der Waals surface area contributed by atoms with Crippen molar-refractivity contribution in [3.05, 3.63) is 35.9 Å². The van der Waals surface area contributed by atoms with E-state index in [0.29, 0.717) is 12.8 Å². The lowest BCUT2D eigenvalue weighted by Gasteiger charge is -2.23. The van der Waals surface area contributed by atoms with Gasteiger partial charge in [0.05, 0.1) is 6.42 Å². The van der Waals surface area contributed by atoms with Crippen molar-refractivity contribution in [3.63, 3.8) is 0 Å². The molecule has 9 nitrogen and oxygen atoms in total. The van der Waals surface area contributed by atoms with Crippen molar-refractivity contribution < 1.29 is 38.1 Å². The van der Waals surface area contributed by atoms with Crippen LogP contribution >= 0.6 is 34.8 Å². The zero-order valence-corrected chi connectivity index (χ0v) is 30.7. The molecule has 2 atom stereocenters. The summed E-state index contributed by atoms with van der Waals surface area (Å²) in [5.74, 6) is -2.05. The highest BCUT2D eigenvalue weighted by atomic mass is 35.6.